The third-order valence-electron chi connectivity index (χ3n) is 2.19. The zero-order chi connectivity index (χ0) is 12.2. The van der Waals surface area contributed by atoms with E-state index in [1.807, 2.05) is 31.3 Å². The Morgan fingerprint density at radius 3 is 2.56 bits per heavy atom. The van der Waals surface area contributed by atoms with Gasteiger partial charge in [0.05, 0.1) is 0 Å². The number of benzene rings is 1. The highest BCUT2D eigenvalue weighted by atomic mass is 16.1. The maximum atomic E-state index is 11.8. The van der Waals surface area contributed by atoms with Crippen LogP contribution in [0, 0.1) is 5.41 Å². The highest BCUT2D eigenvalue weighted by Gasteiger charge is 2.12. The third-order valence-corrected chi connectivity index (χ3v) is 2.19. The molecule has 0 bridgehead atoms. The van der Waals surface area contributed by atoms with Gasteiger partial charge in [-0.2, -0.15) is 0 Å². The Morgan fingerprint density at radius 2 is 2.00 bits per heavy atom. The van der Waals surface area contributed by atoms with Crippen LogP contribution in [0.5, 0.6) is 0 Å². The van der Waals surface area contributed by atoms with Crippen LogP contribution in [-0.4, -0.2) is 19.5 Å². The van der Waals surface area contributed by atoms with Crippen molar-refractivity contribution in [3.05, 3.63) is 29.8 Å². The van der Waals surface area contributed by atoms with Gasteiger partial charge in [0, 0.05) is 24.8 Å². The number of carbonyl (C=O) groups excluding carboxylic acids is 1. The molecule has 0 unspecified atom stereocenters. The molecule has 88 valence electrons. The molecule has 0 fully saturated rings. The first-order valence-corrected chi connectivity index (χ1v) is 5.48. The second-order valence-corrected chi connectivity index (χ2v) is 5.07. The van der Waals surface area contributed by atoms with Gasteiger partial charge in [0.25, 0.3) is 5.91 Å². The minimum atomic E-state index is -0.0213. The molecule has 3 heteroatoms. The van der Waals surface area contributed by atoms with E-state index in [0.717, 1.165) is 5.69 Å². The normalized spacial score (nSPS) is 11.0. The fraction of sp³-hybridized carbons (Fsp3) is 0.462. The van der Waals surface area contributed by atoms with Gasteiger partial charge >= 0.3 is 0 Å². The summed E-state index contributed by atoms with van der Waals surface area (Å²) < 4.78 is 0. The molecule has 0 heterocycles. The second-order valence-electron chi connectivity index (χ2n) is 5.07. The molecule has 0 radical (unpaired) electrons. The number of nitrogens with one attached hydrogen (secondary N) is 2. The van der Waals surface area contributed by atoms with Crippen LogP contribution in [0.15, 0.2) is 24.3 Å². The maximum Gasteiger partial charge on any atom is 0.251 e. The molecule has 2 N–H and O–H groups in total. The molecule has 0 saturated carbocycles. The van der Waals surface area contributed by atoms with Crippen molar-refractivity contribution in [3.63, 3.8) is 0 Å². The van der Waals surface area contributed by atoms with Crippen molar-refractivity contribution in [2.24, 2.45) is 5.41 Å². The quantitative estimate of drug-likeness (QED) is 0.821. The van der Waals surface area contributed by atoms with E-state index in [9.17, 15) is 4.79 Å². The zero-order valence-corrected chi connectivity index (χ0v) is 10.4. The average molecular weight is 220 g/mol. The van der Waals surface area contributed by atoms with Crippen LogP contribution in [0.3, 0.4) is 0 Å². The Balaban J connectivity index is 2.66. The predicted molar refractivity (Wildman–Crippen MR) is 67.8 cm³/mol. The summed E-state index contributed by atoms with van der Waals surface area (Å²) in [7, 11) is 1.84. The van der Waals surface area contributed by atoms with Crippen molar-refractivity contribution in [1.82, 2.24) is 5.32 Å². The fourth-order valence-electron chi connectivity index (χ4n) is 1.26. The molecular formula is C13H20N2O. The molecule has 1 amide bonds. The van der Waals surface area contributed by atoms with E-state index in [4.69, 9.17) is 0 Å². The number of carbonyl (C=O) groups is 1. The van der Waals surface area contributed by atoms with Crippen LogP contribution >= 0.6 is 0 Å². The average Bonchev–Trinajstić information content (AvgIpc) is 2.25. The number of amides is 1. The van der Waals surface area contributed by atoms with E-state index in [-0.39, 0.29) is 11.3 Å². The van der Waals surface area contributed by atoms with Crippen molar-refractivity contribution in [2.45, 2.75) is 20.8 Å². The first-order valence-electron chi connectivity index (χ1n) is 5.48. The highest BCUT2D eigenvalue weighted by molar-refractivity contribution is 5.95. The molecule has 1 rings (SSSR count). The van der Waals surface area contributed by atoms with Gasteiger partial charge in [-0.15, -0.1) is 0 Å². The van der Waals surface area contributed by atoms with Crippen LogP contribution in [0.25, 0.3) is 0 Å². The summed E-state index contributed by atoms with van der Waals surface area (Å²) >= 11 is 0. The smallest absolute Gasteiger partial charge is 0.251 e. The standard InChI is InChI=1S/C13H20N2O/c1-13(2,3)9-15-12(16)10-6-5-7-11(8-10)14-4/h5-8,14H,9H2,1-4H3,(H,15,16). The number of anilines is 1. The van der Waals surface area contributed by atoms with Crippen LogP contribution in [0.4, 0.5) is 5.69 Å². The lowest BCUT2D eigenvalue weighted by molar-refractivity contribution is 0.0939. The predicted octanol–water partition coefficient (Wildman–Crippen LogP) is 2.50. The number of rotatable bonds is 3. The van der Waals surface area contributed by atoms with Crippen LogP contribution in [0.2, 0.25) is 0 Å². The van der Waals surface area contributed by atoms with Gasteiger partial charge in [0.1, 0.15) is 0 Å². The summed E-state index contributed by atoms with van der Waals surface area (Å²) in [6, 6.07) is 7.47. The van der Waals surface area contributed by atoms with Crippen LogP contribution in [-0.2, 0) is 0 Å². The van der Waals surface area contributed by atoms with Crippen molar-refractivity contribution < 1.29 is 4.79 Å². The second kappa shape index (κ2) is 5.01. The number of hydrogen-bond acceptors (Lipinski definition) is 2. The Hall–Kier alpha value is -1.51. The zero-order valence-electron chi connectivity index (χ0n) is 10.4. The topological polar surface area (TPSA) is 41.1 Å². The summed E-state index contributed by atoms with van der Waals surface area (Å²) in [6.45, 7) is 6.96. The molecule has 0 aliphatic rings. The molecule has 0 spiro atoms. The van der Waals surface area contributed by atoms with Crippen molar-refractivity contribution in [2.75, 3.05) is 18.9 Å². The first-order chi connectivity index (χ1) is 7.42. The highest BCUT2D eigenvalue weighted by Crippen LogP contribution is 2.12. The lowest BCUT2D eigenvalue weighted by atomic mass is 9.97. The summed E-state index contributed by atoms with van der Waals surface area (Å²) in [6.07, 6.45) is 0. The van der Waals surface area contributed by atoms with Gasteiger partial charge < -0.3 is 10.6 Å². The van der Waals surface area contributed by atoms with E-state index in [1.54, 1.807) is 0 Å². The largest absolute Gasteiger partial charge is 0.388 e. The SMILES string of the molecule is CNc1cccc(C(=O)NCC(C)(C)C)c1. The Kier molecular flexibility index (Phi) is 3.93. The van der Waals surface area contributed by atoms with Gasteiger partial charge in [-0.25, -0.2) is 0 Å². The molecule has 0 aromatic heterocycles. The van der Waals surface area contributed by atoms with E-state index < -0.39 is 0 Å². The monoisotopic (exact) mass is 220 g/mol. The van der Waals surface area contributed by atoms with E-state index in [2.05, 4.69) is 31.4 Å². The first kappa shape index (κ1) is 12.6. The van der Waals surface area contributed by atoms with Gasteiger partial charge in [-0.3, -0.25) is 4.79 Å². The maximum absolute atomic E-state index is 11.8. The summed E-state index contributed by atoms with van der Waals surface area (Å²) in [5.74, 6) is -0.0213. The van der Waals surface area contributed by atoms with Crippen molar-refractivity contribution >= 4 is 11.6 Å². The minimum Gasteiger partial charge on any atom is -0.388 e. The van der Waals surface area contributed by atoms with E-state index in [1.165, 1.54) is 0 Å². The van der Waals surface area contributed by atoms with E-state index in [0.29, 0.717) is 12.1 Å². The Bertz CT molecular complexity index is 366. The van der Waals surface area contributed by atoms with Crippen molar-refractivity contribution in [1.29, 1.82) is 0 Å². The van der Waals surface area contributed by atoms with Crippen molar-refractivity contribution in [3.8, 4) is 0 Å². The summed E-state index contributed by atoms with van der Waals surface area (Å²) in [5.41, 5.74) is 1.75. The molecular weight excluding hydrogens is 200 g/mol. The fourth-order valence-corrected chi connectivity index (χ4v) is 1.26. The molecule has 0 saturated heterocycles. The minimum absolute atomic E-state index is 0.0213. The third kappa shape index (κ3) is 3.93. The Morgan fingerprint density at radius 1 is 1.31 bits per heavy atom. The van der Waals surface area contributed by atoms with Gasteiger partial charge in [-0.05, 0) is 23.6 Å². The molecule has 0 aliphatic heterocycles. The van der Waals surface area contributed by atoms with Gasteiger partial charge in [0.2, 0.25) is 0 Å². The lowest BCUT2D eigenvalue weighted by Gasteiger charge is -2.18. The molecule has 1 aromatic rings. The molecule has 1 aromatic carbocycles. The molecule has 0 aliphatic carbocycles. The van der Waals surface area contributed by atoms with Crippen LogP contribution < -0.4 is 10.6 Å². The van der Waals surface area contributed by atoms with Gasteiger partial charge in [0.15, 0.2) is 0 Å². The van der Waals surface area contributed by atoms with Crippen LogP contribution in [0.1, 0.15) is 31.1 Å². The summed E-state index contributed by atoms with van der Waals surface area (Å²) in [5, 5.41) is 5.94. The molecule has 16 heavy (non-hydrogen) atoms. The van der Waals surface area contributed by atoms with E-state index >= 15 is 0 Å². The number of hydrogen-bond donors (Lipinski definition) is 2. The molecule has 0 atom stereocenters. The van der Waals surface area contributed by atoms with Gasteiger partial charge in [-0.1, -0.05) is 26.8 Å². The Labute approximate surface area is 97.2 Å². The lowest BCUT2D eigenvalue weighted by Crippen LogP contribution is -2.32. The molecule has 3 nitrogen and oxygen atoms in total. The summed E-state index contributed by atoms with van der Waals surface area (Å²) in [4.78, 5) is 11.8.